The molecule has 1 unspecified atom stereocenters. The van der Waals surface area contributed by atoms with Crippen molar-refractivity contribution in [2.24, 2.45) is 5.92 Å². The quantitative estimate of drug-likeness (QED) is 0.876. The molecule has 2 heterocycles. The van der Waals surface area contributed by atoms with E-state index >= 15 is 0 Å². The van der Waals surface area contributed by atoms with Crippen LogP contribution in [0.25, 0.3) is 0 Å². The summed E-state index contributed by atoms with van der Waals surface area (Å²) < 4.78 is 13.0. The fraction of sp³-hybridized carbons (Fsp3) is 0.500. The smallest absolute Gasteiger partial charge is 0.339 e. The molecule has 1 aromatic heterocycles. The molecule has 0 amide bonds. The first kappa shape index (κ1) is 11.8. The summed E-state index contributed by atoms with van der Waals surface area (Å²) in [6.07, 6.45) is 3.18. The monoisotopic (exact) mass is 238 g/mol. The zero-order valence-corrected chi connectivity index (χ0v) is 9.69. The number of carboxylic acids is 1. The third-order valence-electron chi connectivity index (χ3n) is 3.23. The van der Waals surface area contributed by atoms with Gasteiger partial charge in [0.1, 0.15) is 17.2 Å². The van der Waals surface area contributed by atoms with Crippen LogP contribution in [0.15, 0.2) is 12.3 Å². The Kier molecular flexibility index (Phi) is 3.26. The third kappa shape index (κ3) is 2.38. The Morgan fingerprint density at radius 1 is 1.71 bits per heavy atom. The summed E-state index contributed by atoms with van der Waals surface area (Å²) in [7, 11) is 0. The van der Waals surface area contributed by atoms with E-state index in [0.29, 0.717) is 11.7 Å². The van der Waals surface area contributed by atoms with Gasteiger partial charge in [-0.2, -0.15) is 0 Å². The number of carbonyl (C=O) groups is 1. The number of hydrogen-bond acceptors (Lipinski definition) is 3. The maximum absolute atomic E-state index is 13.0. The van der Waals surface area contributed by atoms with E-state index in [0.717, 1.165) is 38.2 Å². The molecule has 0 aromatic carbocycles. The molecular weight excluding hydrogens is 223 g/mol. The van der Waals surface area contributed by atoms with Crippen molar-refractivity contribution < 1.29 is 14.3 Å². The number of anilines is 1. The van der Waals surface area contributed by atoms with E-state index in [9.17, 15) is 9.18 Å². The topological polar surface area (TPSA) is 53.4 Å². The van der Waals surface area contributed by atoms with Gasteiger partial charge in [-0.05, 0) is 18.4 Å². The Morgan fingerprint density at radius 3 is 3.06 bits per heavy atom. The molecule has 0 bridgehead atoms. The van der Waals surface area contributed by atoms with Crippen LogP contribution in [-0.2, 0) is 0 Å². The van der Waals surface area contributed by atoms with E-state index in [1.54, 1.807) is 0 Å². The SMILES string of the molecule is CCC1CCN(c2ncc(F)cc2C(=O)O)C1. The van der Waals surface area contributed by atoms with Crippen molar-refractivity contribution in [1.82, 2.24) is 4.98 Å². The molecule has 17 heavy (non-hydrogen) atoms. The van der Waals surface area contributed by atoms with Crippen LogP contribution in [-0.4, -0.2) is 29.1 Å². The highest BCUT2D eigenvalue weighted by atomic mass is 19.1. The van der Waals surface area contributed by atoms with Crippen molar-refractivity contribution in [3.63, 3.8) is 0 Å². The average molecular weight is 238 g/mol. The Morgan fingerprint density at radius 2 is 2.47 bits per heavy atom. The molecule has 5 heteroatoms. The Hall–Kier alpha value is -1.65. The molecular formula is C12H15FN2O2. The van der Waals surface area contributed by atoms with Gasteiger partial charge in [0.25, 0.3) is 0 Å². The van der Waals surface area contributed by atoms with Crippen LogP contribution < -0.4 is 4.90 Å². The second kappa shape index (κ2) is 4.69. The molecule has 92 valence electrons. The second-order valence-corrected chi connectivity index (χ2v) is 4.34. The van der Waals surface area contributed by atoms with Gasteiger partial charge in [0.15, 0.2) is 0 Å². The number of rotatable bonds is 3. The van der Waals surface area contributed by atoms with Crippen molar-refractivity contribution in [1.29, 1.82) is 0 Å². The Balaban J connectivity index is 2.29. The number of nitrogens with zero attached hydrogens (tertiary/aromatic N) is 2. The summed E-state index contributed by atoms with van der Waals surface area (Å²) in [6.45, 7) is 3.71. The first-order valence-electron chi connectivity index (χ1n) is 5.75. The van der Waals surface area contributed by atoms with Crippen molar-refractivity contribution in [3.8, 4) is 0 Å². The van der Waals surface area contributed by atoms with Crippen molar-refractivity contribution in [2.45, 2.75) is 19.8 Å². The Bertz CT molecular complexity index is 437. The van der Waals surface area contributed by atoms with Crippen LogP contribution in [0.5, 0.6) is 0 Å². The lowest BCUT2D eigenvalue weighted by Gasteiger charge is -2.19. The van der Waals surface area contributed by atoms with Crippen molar-refractivity contribution in [2.75, 3.05) is 18.0 Å². The van der Waals surface area contributed by atoms with E-state index < -0.39 is 11.8 Å². The first-order valence-corrected chi connectivity index (χ1v) is 5.75. The molecule has 2 rings (SSSR count). The van der Waals surface area contributed by atoms with Gasteiger partial charge in [0.2, 0.25) is 0 Å². The van der Waals surface area contributed by atoms with Gasteiger partial charge in [0, 0.05) is 13.1 Å². The molecule has 1 aromatic rings. The predicted octanol–water partition coefficient (Wildman–Crippen LogP) is 2.16. The normalized spacial score (nSPS) is 19.6. The molecule has 0 saturated carbocycles. The van der Waals surface area contributed by atoms with Crippen LogP contribution in [0.2, 0.25) is 0 Å². The minimum absolute atomic E-state index is 0.0539. The minimum atomic E-state index is -1.13. The van der Waals surface area contributed by atoms with E-state index in [1.807, 2.05) is 4.90 Å². The molecule has 1 atom stereocenters. The summed E-state index contributed by atoms with van der Waals surface area (Å²) in [6, 6.07) is 1.03. The third-order valence-corrected chi connectivity index (χ3v) is 3.23. The van der Waals surface area contributed by atoms with Gasteiger partial charge in [-0.25, -0.2) is 14.2 Å². The standard InChI is InChI=1S/C12H15FN2O2/c1-2-8-3-4-15(7-8)11-10(12(16)17)5-9(13)6-14-11/h5-6,8H,2-4,7H2,1H3,(H,16,17). The van der Waals surface area contributed by atoms with Gasteiger partial charge in [0.05, 0.1) is 6.20 Å². The van der Waals surface area contributed by atoms with Gasteiger partial charge in [-0.3, -0.25) is 0 Å². The summed E-state index contributed by atoms with van der Waals surface area (Å²) in [5, 5.41) is 9.04. The summed E-state index contributed by atoms with van der Waals surface area (Å²) >= 11 is 0. The fourth-order valence-electron chi connectivity index (χ4n) is 2.20. The molecule has 1 aliphatic heterocycles. The largest absolute Gasteiger partial charge is 0.478 e. The zero-order chi connectivity index (χ0) is 12.4. The summed E-state index contributed by atoms with van der Waals surface area (Å²) in [4.78, 5) is 16.9. The van der Waals surface area contributed by atoms with Crippen molar-refractivity contribution in [3.05, 3.63) is 23.6 Å². The molecule has 0 spiro atoms. The van der Waals surface area contributed by atoms with Crippen LogP contribution in [0.3, 0.4) is 0 Å². The molecule has 1 saturated heterocycles. The number of pyridine rings is 1. The van der Waals surface area contributed by atoms with Crippen LogP contribution in [0.4, 0.5) is 10.2 Å². The van der Waals surface area contributed by atoms with E-state index in [2.05, 4.69) is 11.9 Å². The van der Waals surface area contributed by atoms with Gasteiger partial charge in [-0.1, -0.05) is 13.3 Å². The molecule has 1 N–H and O–H groups in total. The van der Waals surface area contributed by atoms with Gasteiger partial charge < -0.3 is 10.0 Å². The van der Waals surface area contributed by atoms with Gasteiger partial charge in [-0.15, -0.1) is 0 Å². The lowest BCUT2D eigenvalue weighted by molar-refractivity contribution is 0.0696. The van der Waals surface area contributed by atoms with Crippen LogP contribution in [0.1, 0.15) is 30.1 Å². The maximum atomic E-state index is 13.0. The number of carboxylic acid groups (broad SMARTS) is 1. The lowest BCUT2D eigenvalue weighted by atomic mass is 10.1. The number of aromatic nitrogens is 1. The number of aromatic carboxylic acids is 1. The lowest BCUT2D eigenvalue weighted by Crippen LogP contribution is -2.23. The highest BCUT2D eigenvalue weighted by molar-refractivity contribution is 5.93. The highest BCUT2D eigenvalue weighted by Gasteiger charge is 2.26. The van der Waals surface area contributed by atoms with E-state index in [-0.39, 0.29) is 5.56 Å². The average Bonchev–Trinajstić information content (AvgIpc) is 2.77. The molecule has 1 aliphatic rings. The first-order chi connectivity index (χ1) is 8.11. The van der Waals surface area contributed by atoms with Crippen molar-refractivity contribution >= 4 is 11.8 Å². The zero-order valence-electron chi connectivity index (χ0n) is 9.69. The van der Waals surface area contributed by atoms with E-state index in [4.69, 9.17) is 5.11 Å². The molecule has 0 radical (unpaired) electrons. The molecule has 1 fully saturated rings. The molecule has 0 aliphatic carbocycles. The summed E-state index contributed by atoms with van der Waals surface area (Å²) in [5.41, 5.74) is -0.0539. The number of halogens is 1. The van der Waals surface area contributed by atoms with Crippen LogP contribution >= 0.6 is 0 Å². The van der Waals surface area contributed by atoms with Crippen LogP contribution in [0, 0.1) is 11.7 Å². The fourth-order valence-corrected chi connectivity index (χ4v) is 2.20. The van der Waals surface area contributed by atoms with E-state index in [1.165, 1.54) is 0 Å². The number of hydrogen-bond donors (Lipinski definition) is 1. The molecule has 4 nitrogen and oxygen atoms in total. The predicted molar refractivity (Wildman–Crippen MR) is 61.8 cm³/mol. The van der Waals surface area contributed by atoms with Gasteiger partial charge >= 0.3 is 5.97 Å². The second-order valence-electron chi connectivity index (χ2n) is 4.34. The summed E-state index contributed by atoms with van der Waals surface area (Å²) in [5.74, 6) is -0.789. The maximum Gasteiger partial charge on any atom is 0.339 e. The minimum Gasteiger partial charge on any atom is -0.478 e. The highest BCUT2D eigenvalue weighted by Crippen LogP contribution is 2.27. The Labute approximate surface area is 99.1 Å².